The van der Waals surface area contributed by atoms with E-state index in [9.17, 15) is 9.59 Å². The second-order valence-electron chi connectivity index (χ2n) is 5.31. The van der Waals surface area contributed by atoms with Crippen molar-refractivity contribution in [1.29, 1.82) is 0 Å². The lowest BCUT2D eigenvalue weighted by Crippen LogP contribution is -2.39. The van der Waals surface area contributed by atoms with E-state index in [-0.39, 0.29) is 17.2 Å². The van der Waals surface area contributed by atoms with Gasteiger partial charge in [-0.15, -0.1) is 0 Å². The molecule has 1 aromatic carbocycles. The topological polar surface area (TPSA) is 52.6 Å². The Bertz CT molecular complexity index is 537. The molecule has 0 amide bonds. The van der Waals surface area contributed by atoms with Crippen molar-refractivity contribution < 1.29 is 19.1 Å². The minimum Gasteiger partial charge on any atom is -0.493 e. The highest BCUT2D eigenvalue weighted by molar-refractivity contribution is 5.83. The molecule has 0 atom stereocenters. The van der Waals surface area contributed by atoms with Crippen LogP contribution in [0.1, 0.15) is 37.7 Å². The predicted molar refractivity (Wildman–Crippen MR) is 68.4 cm³/mol. The van der Waals surface area contributed by atoms with E-state index < -0.39 is 0 Å². The maximum absolute atomic E-state index is 11.9. The van der Waals surface area contributed by atoms with Crippen LogP contribution in [0.2, 0.25) is 0 Å². The number of benzene rings is 1. The standard InChI is InChI=1S/C15H16O4/c1-18-12-4-2-3-11-14(12)19-13(17)9-15(11)7-5-10(16)6-8-15/h2-4H,5-9H2,1H3. The van der Waals surface area contributed by atoms with Crippen LogP contribution in [-0.4, -0.2) is 18.9 Å². The van der Waals surface area contributed by atoms with Crippen LogP contribution in [0.4, 0.5) is 0 Å². The van der Waals surface area contributed by atoms with Crippen LogP contribution >= 0.6 is 0 Å². The fourth-order valence-electron chi connectivity index (χ4n) is 3.17. The quantitative estimate of drug-likeness (QED) is 0.574. The van der Waals surface area contributed by atoms with Crippen molar-refractivity contribution in [2.75, 3.05) is 7.11 Å². The number of carbonyl (C=O) groups is 2. The first-order chi connectivity index (χ1) is 9.14. The van der Waals surface area contributed by atoms with Crippen LogP contribution in [-0.2, 0) is 15.0 Å². The smallest absolute Gasteiger partial charge is 0.312 e. The summed E-state index contributed by atoms with van der Waals surface area (Å²) in [6.07, 6.45) is 2.90. The number of hydrogen-bond acceptors (Lipinski definition) is 4. The molecule has 0 unspecified atom stereocenters. The fourth-order valence-corrected chi connectivity index (χ4v) is 3.17. The normalized spacial score (nSPS) is 20.9. The van der Waals surface area contributed by atoms with Gasteiger partial charge < -0.3 is 9.47 Å². The lowest BCUT2D eigenvalue weighted by molar-refractivity contribution is -0.139. The third kappa shape index (κ3) is 1.91. The molecule has 0 N–H and O–H groups in total. The Morgan fingerprint density at radius 1 is 1.21 bits per heavy atom. The van der Waals surface area contributed by atoms with Crippen molar-refractivity contribution in [2.24, 2.45) is 0 Å². The van der Waals surface area contributed by atoms with E-state index in [1.54, 1.807) is 13.2 Å². The van der Waals surface area contributed by atoms with Crippen molar-refractivity contribution in [3.05, 3.63) is 23.8 Å². The second-order valence-corrected chi connectivity index (χ2v) is 5.31. The van der Waals surface area contributed by atoms with Crippen molar-refractivity contribution in [3.63, 3.8) is 0 Å². The van der Waals surface area contributed by atoms with Gasteiger partial charge in [0.05, 0.1) is 13.5 Å². The number of esters is 1. The molecular formula is C15H16O4. The number of hydrogen-bond donors (Lipinski definition) is 0. The largest absolute Gasteiger partial charge is 0.493 e. The van der Waals surface area contributed by atoms with Gasteiger partial charge in [0.2, 0.25) is 0 Å². The molecule has 3 rings (SSSR count). The molecular weight excluding hydrogens is 244 g/mol. The lowest BCUT2D eigenvalue weighted by atomic mass is 9.66. The van der Waals surface area contributed by atoms with Crippen LogP contribution in [0, 0.1) is 0 Å². The summed E-state index contributed by atoms with van der Waals surface area (Å²) >= 11 is 0. The average molecular weight is 260 g/mol. The summed E-state index contributed by atoms with van der Waals surface area (Å²) in [5, 5.41) is 0. The Morgan fingerprint density at radius 3 is 2.63 bits per heavy atom. The average Bonchev–Trinajstić information content (AvgIpc) is 2.41. The maximum Gasteiger partial charge on any atom is 0.312 e. The Hall–Kier alpha value is -1.84. The minimum absolute atomic E-state index is 0.230. The molecule has 1 spiro atoms. The summed E-state index contributed by atoms with van der Waals surface area (Å²) in [7, 11) is 1.56. The van der Waals surface area contributed by atoms with Gasteiger partial charge in [0.25, 0.3) is 0 Å². The van der Waals surface area contributed by atoms with Gasteiger partial charge >= 0.3 is 5.97 Å². The number of fused-ring (bicyclic) bond motifs is 2. The number of ether oxygens (including phenoxy) is 2. The summed E-state index contributed by atoms with van der Waals surface area (Å²) in [4.78, 5) is 23.4. The van der Waals surface area contributed by atoms with E-state index >= 15 is 0 Å². The molecule has 0 saturated heterocycles. The summed E-state index contributed by atoms with van der Waals surface area (Å²) in [5.41, 5.74) is 0.770. The minimum atomic E-state index is -0.243. The second kappa shape index (κ2) is 4.37. The van der Waals surface area contributed by atoms with E-state index in [2.05, 4.69) is 0 Å². The molecule has 100 valence electrons. The molecule has 1 aliphatic carbocycles. The highest BCUT2D eigenvalue weighted by Crippen LogP contribution is 2.50. The molecule has 0 radical (unpaired) electrons. The molecule has 0 bridgehead atoms. The molecule has 2 aliphatic rings. The number of methoxy groups -OCH3 is 1. The Morgan fingerprint density at radius 2 is 1.95 bits per heavy atom. The number of carbonyl (C=O) groups excluding carboxylic acids is 2. The molecule has 1 saturated carbocycles. The van der Waals surface area contributed by atoms with Gasteiger partial charge in [0, 0.05) is 23.8 Å². The summed E-state index contributed by atoms with van der Waals surface area (Å²) in [6.45, 7) is 0. The van der Waals surface area contributed by atoms with Crippen LogP contribution in [0.25, 0.3) is 0 Å². The van der Waals surface area contributed by atoms with Crippen LogP contribution in [0.3, 0.4) is 0 Å². The zero-order chi connectivity index (χ0) is 13.5. The fraction of sp³-hybridized carbons (Fsp3) is 0.467. The monoisotopic (exact) mass is 260 g/mol. The Kier molecular flexibility index (Phi) is 2.81. The zero-order valence-corrected chi connectivity index (χ0v) is 10.9. The van der Waals surface area contributed by atoms with Crippen LogP contribution in [0.15, 0.2) is 18.2 Å². The number of ketones is 1. The van der Waals surface area contributed by atoms with E-state index in [1.165, 1.54) is 0 Å². The third-order valence-corrected chi connectivity index (χ3v) is 4.23. The van der Waals surface area contributed by atoms with E-state index in [0.717, 1.165) is 18.4 Å². The van der Waals surface area contributed by atoms with Gasteiger partial charge in [-0.05, 0) is 18.9 Å². The first kappa shape index (κ1) is 12.2. The molecule has 19 heavy (non-hydrogen) atoms. The highest BCUT2D eigenvalue weighted by atomic mass is 16.6. The van der Waals surface area contributed by atoms with Crippen LogP contribution < -0.4 is 9.47 Å². The Labute approximate surface area is 111 Å². The predicted octanol–water partition coefficient (Wildman–Crippen LogP) is 2.39. The van der Waals surface area contributed by atoms with Gasteiger partial charge in [-0.3, -0.25) is 9.59 Å². The van der Waals surface area contributed by atoms with Crippen molar-refractivity contribution in [3.8, 4) is 11.5 Å². The van der Waals surface area contributed by atoms with E-state index in [1.807, 2.05) is 12.1 Å². The molecule has 1 fully saturated rings. The Balaban J connectivity index is 2.10. The summed E-state index contributed by atoms with van der Waals surface area (Å²) in [6, 6.07) is 5.69. The zero-order valence-electron chi connectivity index (χ0n) is 10.9. The van der Waals surface area contributed by atoms with Gasteiger partial charge in [-0.1, -0.05) is 12.1 Å². The first-order valence-electron chi connectivity index (χ1n) is 6.54. The molecule has 0 aromatic heterocycles. The van der Waals surface area contributed by atoms with Gasteiger partial charge in [0.15, 0.2) is 11.5 Å². The number of Topliss-reactive ketones (excluding diaryl/α,β-unsaturated/α-hetero) is 1. The maximum atomic E-state index is 11.9. The molecule has 4 heteroatoms. The van der Waals surface area contributed by atoms with Crippen molar-refractivity contribution >= 4 is 11.8 Å². The molecule has 1 aromatic rings. The van der Waals surface area contributed by atoms with Gasteiger partial charge in [0.1, 0.15) is 5.78 Å². The summed E-state index contributed by atoms with van der Waals surface area (Å²) in [5.74, 6) is 1.18. The number of para-hydroxylation sites is 1. The van der Waals surface area contributed by atoms with Gasteiger partial charge in [-0.25, -0.2) is 0 Å². The summed E-state index contributed by atoms with van der Waals surface area (Å²) < 4.78 is 10.6. The van der Waals surface area contributed by atoms with E-state index in [4.69, 9.17) is 9.47 Å². The molecule has 4 nitrogen and oxygen atoms in total. The highest BCUT2D eigenvalue weighted by Gasteiger charge is 2.44. The molecule has 1 heterocycles. The van der Waals surface area contributed by atoms with Crippen molar-refractivity contribution in [1.82, 2.24) is 0 Å². The number of rotatable bonds is 1. The lowest BCUT2D eigenvalue weighted by Gasteiger charge is -2.40. The van der Waals surface area contributed by atoms with Crippen LogP contribution in [0.5, 0.6) is 11.5 Å². The van der Waals surface area contributed by atoms with E-state index in [0.29, 0.717) is 30.8 Å². The third-order valence-electron chi connectivity index (χ3n) is 4.23. The first-order valence-corrected chi connectivity index (χ1v) is 6.54. The molecule has 1 aliphatic heterocycles. The van der Waals surface area contributed by atoms with Crippen molar-refractivity contribution in [2.45, 2.75) is 37.5 Å². The van der Waals surface area contributed by atoms with Gasteiger partial charge in [-0.2, -0.15) is 0 Å². The SMILES string of the molecule is COc1cccc2c1OC(=O)CC21CCC(=O)CC1.